The molecule has 1 aliphatic rings. The maximum atomic E-state index is 11.1. The van der Waals surface area contributed by atoms with Crippen molar-refractivity contribution in [3.63, 3.8) is 0 Å². The van der Waals surface area contributed by atoms with Crippen LogP contribution in [-0.4, -0.2) is 16.6 Å². The summed E-state index contributed by atoms with van der Waals surface area (Å²) in [5.74, 6) is -0.549. The monoisotopic (exact) mass is 226 g/mol. The molecule has 0 saturated heterocycles. The van der Waals surface area contributed by atoms with Crippen LogP contribution in [-0.2, 0) is 4.79 Å². The van der Waals surface area contributed by atoms with Crippen molar-refractivity contribution in [1.82, 2.24) is 4.98 Å². The van der Waals surface area contributed by atoms with E-state index in [4.69, 9.17) is 5.73 Å². The Hall–Kier alpha value is -2.56. The number of hydrogen-bond donors (Lipinski definition) is 3. The zero-order valence-electron chi connectivity index (χ0n) is 8.90. The van der Waals surface area contributed by atoms with E-state index in [0.29, 0.717) is 0 Å². The van der Waals surface area contributed by atoms with Crippen LogP contribution in [0, 0.1) is 0 Å². The molecule has 0 atom stereocenters. The van der Waals surface area contributed by atoms with Crippen LogP contribution in [0.4, 0.5) is 5.69 Å². The molecule has 2 aromatic rings. The number of primary amides is 1. The van der Waals surface area contributed by atoms with Crippen LogP contribution in [0.2, 0.25) is 0 Å². The summed E-state index contributed by atoms with van der Waals surface area (Å²) in [6.07, 6.45) is 5.30. The first-order chi connectivity index (χ1) is 8.25. The van der Waals surface area contributed by atoms with Gasteiger partial charge in [0.1, 0.15) is 5.71 Å². The molecule has 0 spiro atoms. The standard InChI is InChI=1S/C12H10N4O/c13-12(17)10-4-2-7-1-3-9-8(5-6-14-9)11(7)16-15-10/h1-6,14,16H,(H2,13,17). The molecule has 5 nitrogen and oxygen atoms in total. The number of H-pyrrole nitrogens is 1. The predicted molar refractivity (Wildman–Crippen MR) is 67.6 cm³/mol. The van der Waals surface area contributed by atoms with Crippen LogP contribution in [0.3, 0.4) is 0 Å². The summed E-state index contributed by atoms with van der Waals surface area (Å²) < 4.78 is 0. The van der Waals surface area contributed by atoms with Crippen LogP contribution in [0.5, 0.6) is 0 Å². The third-order valence-corrected chi connectivity index (χ3v) is 2.73. The zero-order chi connectivity index (χ0) is 11.8. The van der Waals surface area contributed by atoms with Crippen LogP contribution >= 0.6 is 0 Å². The molecule has 1 aromatic carbocycles. The van der Waals surface area contributed by atoms with Gasteiger partial charge in [-0.2, -0.15) is 5.10 Å². The molecular formula is C12H10N4O. The van der Waals surface area contributed by atoms with E-state index in [1.165, 1.54) is 0 Å². The van der Waals surface area contributed by atoms with Gasteiger partial charge in [-0.1, -0.05) is 12.1 Å². The second-order valence-corrected chi connectivity index (χ2v) is 3.78. The van der Waals surface area contributed by atoms with Gasteiger partial charge in [0.2, 0.25) is 0 Å². The SMILES string of the molecule is NC(=O)C1=NNc2c(ccc3[nH]ccc23)C=C1. The average Bonchev–Trinajstić information content (AvgIpc) is 2.67. The van der Waals surface area contributed by atoms with Crippen molar-refractivity contribution in [2.45, 2.75) is 0 Å². The van der Waals surface area contributed by atoms with Gasteiger partial charge < -0.3 is 10.7 Å². The Morgan fingerprint density at radius 1 is 1.24 bits per heavy atom. The lowest BCUT2D eigenvalue weighted by atomic mass is 10.1. The second kappa shape index (κ2) is 3.48. The van der Waals surface area contributed by atoms with Gasteiger partial charge in [-0.05, 0) is 18.2 Å². The molecule has 0 saturated carbocycles. The fourth-order valence-corrected chi connectivity index (χ4v) is 1.87. The predicted octanol–water partition coefficient (Wildman–Crippen LogP) is 1.45. The fourth-order valence-electron chi connectivity index (χ4n) is 1.87. The molecular weight excluding hydrogens is 216 g/mol. The Labute approximate surface area is 97.0 Å². The summed E-state index contributed by atoms with van der Waals surface area (Å²) in [6, 6.07) is 5.90. The quantitative estimate of drug-likeness (QED) is 0.687. The number of carbonyl (C=O) groups is 1. The highest BCUT2D eigenvalue weighted by atomic mass is 16.1. The summed E-state index contributed by atoms with van der Waals surface area (Å²) in [5.41, 5.74) is 11.2. The number of nitrogens with two attached hydrogens (primary N) is 1. The van der Waals surface area contributed by atoms with Gasteiger partial charge >= 0.3 is 0 Å². The van der Waals surface area contributed by atoms with Gasteiger partial charge in [0.15, 0.2) is 0 Å². The summed E-state index contributed by atoms with van der Waals surface area (Å²) in [7, 11) is 0. The Kier molecular flexibility index (Phi) is 1.98. The van der Waals surface area contributed by atoms with E-state index in [0.717, 1.165) is 22.2 Å². The van der Waals surface area contributed by atoms with Gasteiger partial charge in [-0.3, -0.25) is 10.2 Å². The highest BCUT2D eigenvalue weighted by Gasteiger charge is 2.11. The number of aromatic nitrogens is 1. The third-order valence-electron chi connectivity index (χ3n) is 2.73. The lowest BCUT2D eigenvalue weighted by molar-refractivity contribution is -0.111. The molecule has 1 aromatic heterocycles. The number of nitrogens with zero attached hydrogens (tertiary/aromatic N) is 1. The van der Waals surface area contributed by atoms with Crippen LogP contribution in [0.25, 0.3) is 17.0 Å². The van der Waals surface area contributed by atoms with Crippen molar-refractivity contribution in [2.24, 2.45) is 10.8 Å². The normalized spacial score (nSPS) is 13.8. The van der Waals surface area contributed by atoms with E-state index in [-0.39, 0.29) is 5.71 Å². The van der Waals surface area contributed by atoms with Crippen molar-refractivity contribution in [2.75, 3.05) is 5.43 Å². The first-order valence-corrected chi connectivity index (χ1v) is 5.17. The van der Waals surface area contributed by atoms with E-state index in [1.54, 1.807) is 6.08 Å². The number of carbonyl (C=O) groups excluding carboxylic acids is 1. The van der Waals surface area contributed by atoms with Crippen molar-refractivity contribution in [3.05, 3.63) is 36.0 Å². The minimum Gasteiger partial charge on any atom is -0.364 e. The Morgan fingerprint density at radius 3 is 2.94 bits per heavy atom. The van der Waals surface area contributed by atoms with Gasteiger partial charge in [-0.25, -0.2) is 0 Å². The number of benzene rings is 1. The lowest BCUT2D eigenvalue weighted by Gasteiger charge is -2.05. The van der Waals surface area contributed by atoms with Gasteiger partial charge in [-0.15, -0.1) is 0 Å². The average molecular weight is 226 g/mol. The molecule has 0 bridgehead atoms. The molecule has 0 unspecified atom stereocenters. The summed E-state index contributed by atoms with van der Waals surface area (Å²) in [4.78, 5) is 14.2. The van der Waals surface area contributed by atoms with E-state index in [1.807, 2.05) is 30.5 Å². The number of hydrogen-bond acceptors (Lipinski definition) is 3. The summed E-state index contributed by atoms with van der Waals surface area (Å²) in [5, 5.41) is 5.01. The first-order valence-electron chi connectivity index (χ1n) is 5.17. The number of nitrogens with one attached hydrogen (secondary N) is 2. The zero-order valence-corrected chi connectivity index (χ0v) is 8.90. The molecule has 84 valence electrons. The van der Waals surface area contributed by atoms with Crippen molar-refractivity contribution in [1.29, 1.82) is 0 Å². The topological polar surface area (TPSA) is 83.3 Å². The maximum absolute atomic E-state index is 11.1. The molecule has 2 heterocycles. The molecule has 17 heavy (non-hydrogen) atoms. The minimum atomic E-state index is -0.549. The number of anilines is 1. The molecule has 5 heteroatoms. The molecule has 0 aliphatic carbocycles. The number of amides is 1. The highest BCUT2D eigenvalue weighted by Crippen LogP contribution is 2.29. The molecule has 0 fully saturated rings. The van der Waals surface area contributed by atoms with Crippen LogP contribution in [0.1, 0.15) is 5.56 Å². The Morgan fingerprint density at radius 2 is 2.12 bits per heavy atom. The van der Waals surface area contributed by atoms with Crippen molar-refractivity contribution in [3.8, 4) is 0 Å². The molecule has 4 N–H and O–H groups in total. The molecule has 0 radical (unpaired) electrons. The Bertz CT molecular complexity index is 666. The van der Waals surface area contributed by atoms with Crippen molar-refractivity contribution < 1.29 is 4.79 Å². The molecule has 1 aliphatic heterocycles. The molecule has 3 rings (SSSR count). The van der Waals surface area contributed by atoms with Gasteiger partial charge in [0.25, 0.3) is 5.91 Å². The third kappa shape index (κ3) is 1.48. The maximum Gasteiger partial charge on any atom is 0.269 e. The van der Waals surface area contributed by atoms with E-state index < -0.39 is 5.91 Å². The van der Waals surface area contributed by atoms with Gasteiger partial charge in [0.05, 0.1) is 5.69 Å². The molecule has 1 amide bonds. The fraction of sp³-hybridized carbons (Fsp3) is 0. The highest BCUT2D eigenvalue weighted by molar-refractivity contribution is 6.43. The first kappa shape index (κ1) is 9.65. The van der Waals surface area contributed by atoms with Crippen LogP contribution in [0.15, 0.2) is 35.6 Å². The summed E-state index contributed by atoms with van der Waals surface area (Å²) in [6.45, 7) is 0. The van der Waals surface area contributed by atoms with E-state index in [2.05, 4.69) is 15.5 Å². The smallest absolute Gasteiger partial charge is 0.269 e. The summed E-state index contributed by atoms with van der Waals surface area (Å²) >= 11 is 0. The number of fused-ring (bicyclic) bond motifs is 3. The number of aromatic amines is 1. The number of rotatable bonds is 1. The Balaban J connectivity index is 2.19. The largest absolute Gasteiger partial charge is 0.364 e. The van der Waals surface area contributed by atoms with E-state index >= 15 is 0 Å². The van der Waals surface area contributed by atoms with E-state index in [9.17, 15) is 4.79 Å². The van der Waals surface area contributed by atoms with Gasteiger partial charge in [0, 0.05) is 22.7 Å². The van der Waals surface area contributed by atoms with Crippen LogP contribution < -0.4 is 11.2 Å². The van der Waals surface area contributed by atoms with Crippen molar-refractivity contribution >= 4 is 34.3 Å². The minimum absolute atomic E-state index is 0.213. The second-order valence-electron chi connectivity index (χ2n) is 3.78. The lowest BCUT2D eigenvalue weighted by Crippen LogP contribution is -2.21. The number of hydrazone groups is 1.